The van der Waals surface area contributed by atoms with Crippen molar-refractivity contribution in [2.24, 2.45) is 51.8 Å². The molecule has 2 aliphatic heterocycles. The molecular formula is C59H105NO5. The molecule has 0 aromatic heterocycles. The van der Waals surface area contributed by atoms with E-state index in [-0.39, 0.29) is 6.10 Å². The second-order valence-corrected chi connectivity index (χ2v) is 23.9. The van der Waals surface area contributed by atoms with Crippen molar-refractivity contribution < 1.29 is 23.7 Å². The van der Waals surface area contributed by atoms with Crippen molar-refractivity contribution in [2.75, 3.05) is 72.5 Å². The number of likely N-dealkylation sites (tertiary alicyclic amines) is 1. The Morgan fingerprint density at radius 2 is 1.42 bits per heavy atom. The van der Waals surface area contributed by atoms with E-state index < -0.39 is 0 Å². The lowest BCUT2D eigenvalue weighted by molar-refractivity contribution is -0.143. The molecular weight excluding hydrogens is 803 g/mol. The average Bonchev–Trinajstić information content (AvgIpc) is 3.65. The van der Waals surface area contributed by atoms with Crippen LogP contribution in [-0.4, -0.2) is 89.6 Å². The van der Waals surface area contributed by atoms with Gasteiger partial charge in [0.15, 0.2) is 0 Å². The zero-order valence-electron chi connectivity index (χ0n) is 43.7. The van der Waals surface area contributed by atoms with Crippen LogP contribution in [0.5, 0.6) is 0 Å². The fourth-order valence-corrected chi connectivity index (χ4v) is 14.4. The van der Waals surface area contributed by atoms with E-state index in [1.807, 2.05) is 0 Å². The average molecular weight is 908 g/mol. The van der Waals surface area contributed by atoms with Crippen LogP contribution < -0.4 is 0 Å². The van der Waals surface area contributed by atoms with Crippen LogP contribution in [0.3, 0.4) is 0 Å². The molecule has 376 valence electrons. The van der Waals surface area contributed by atoms with Crippen LogP contribution in [0.25, 0.3) is 0 Å². The van der Waals surface area contributed by atoms with E-state index >= 15 is 0 Å². The maximum absolute atomic E-state index is 6.55. The highest BCUT2D eigenvalue weighted by atomic mass is 16.6. The van der Waals surface area contributed by atoms with Gasteiger partial charge in [-0.2, -0.15) is 0 Å². The molecule has 2 saturated heterocycles. The Morgan fingerprint density at radius 1 is 0.708 bits per heavy atom. The van der Waals surface area contributed by atoms with Crippen molar-refractivity contribution in [3.63, 3.8) is 0 Å². The summed E-state index contributed by atoms with van der Waals surface area (Å²) in [6, 6.07) is 0. The number of allylic oxidation sites excluding steroid dienone is 3. The number of nitrogens with zero attached hydrogens (tertiary/aromatic N) is 1. The van der Waals surface area contributed by atoms with E-state index in [1.54, 1.807) is 5.57 Å². The Bertz CT molecular complexity index is 1350. The van der Waals surface area contributed by atoms with Crippen LogP contribution in [-0.2, 0) is 23.7 Å². The predicted octanol–water partition coefficient (Wildman–Crippen LogP) is 15.0. The fourth-order valence-electron chi connectivity index (χ4n) is 14.4. The first-order chi connectivity index (χ1) is 31.7. The molecule has 1 unspecified atom stereocenters. The van der Waals surface area contributed by atoms with Crippen LogP contribution in [0.4, 0.5) is 0 Å². The van der Waals surface area contributed by atoms with E-state index in [2.05, 4.69) is 64.7 Å². The van der Waals surface area contributed by atoms with Gasteiger partial charge in [0.1, 0.15) is 0 Å². The maximum Gasteiger partial charge on any atom is 0.0936 e. The molecule has 0 bridgehead atoms. The van der Waals surface area contributed by atoms with E-state index in [0.29, 0.717) is 55.4 Å². The van der Waals surface area contributed by atoms with E-state index in [9.17, 15) is 0 Å². The van der Waals surface area contributed by atoms with Gasteiger partial charge in [-0.1, -0.05) is 142 Å². The molecule has 0 aromatic rings. The highest BCUT2D eigenvalue weighted by Crippen LogP contribution is 2.67. The molecule has 65 heavy (non-hydrogen) atoms. The lowest BCUT2D eigenvalue weighted by Crippen LogP contribution is -2.52. The van der Waals surface area contributed by atoms with Gasteiger partial charge in [-0.25, -0.2) is 0 Å². The highest BCUT2D eigenvalue weighted by molar-refractivity contribution is 5.25. The van der Waals surface area contributed by atoms with Crippen LogP contribution in [0.1, 0.15) is 215 Å². The Kier molecular flexibility index (Phi) is 23.2. The molecule has 6 heteroatoms. The van der Waals surface area contributed by atoms with Crippen LogP contribution in [0.15, 0.2) is 23.8 Å². The summed E-state index contributed by atoms with van der Waals surface area (Å²) in [5.41, 5.74) is 3.13. The Labute approximate surface area is 402 Å². The van der Waals surface area contributed by atoms with E-state index in [1.165, 1.54) is 161 Å². The Balaban J connectivity index is 0.823. The molecule has 1 spiro atoms. The fraction of sp³-hybridized carbons (Fsp3) is 0.932. The number of piperidine rings is 1. The van der Waals surface area contributed by atoms with Crippen molar-refractivity contribution in [2.45, 2.75) is 227 Å². The van der Waals surface area contributed by atoms with Gasteiger partial charge < -0.3 is 28.6 Å². The Hall–Kier alpha value is -0.760. The second kappa shape index (κ2) is 28.2. The standard InChI is InChI=1S/C59H105NO5/c1-7-8-9-10-11-12-13-14-15-16-17-18-19-20-21-22-38-62-45-52(44-60-36-34-59(35-37-60)46-63-47-59)65-42-40-61-39-41-64-51-30-32-57(5)50(43-51)26-27-53-55-29-28-54(49(4)25-23-24-48(2)3)58(55,6)33-31-56(53)57/h14-15,26,48-49,51-56H,7-13,16-25,27-47H2,1-6H3/b15-14-/t49-,51+,52?,53+,54-,55+,56+,57+,58-/m1/s1. The van der Waals surface area contributed by atoms with Gasteiger partial charge in [0.05, 0.1) is 58.5 Å². The van der Waals surface area contributed by atoms with Crippen LogP contribution in [0.2, 0.25) is 0 Å². The molecule has 0 N–H and O–H groups in total. The molecule has 0 radical (unpaired) electrons. The summed E-state index contributed by atoms with van der Waals surface area (Å²) < 4.78 is 31.0. The van der Waals surface area contributed by atoms with Crippen molar-refractivity contribution in [1.29, 1.82) is 0 Å². The molecule has 2 heterocycles. The minimum absolute atomic E-state index is 0.0895. The Morgan fingerprint density at radius 3 is 2.12 bits per heavy atom. The first-order valence-electron chi connectivity index (χ1n) is 28.7. The monoisotopic (exact) mass is 908 g/mol. The largest absolute Gasteiger partial charge is 0.380 e. The lowest BCUT2D eigenvalue weighted by atomic mass is 9.47. The normalized spacial score (nSPS) is 30.9. The van der Waals surface area contributed by atoms with Gasteiger partial charge in [0.25, 0.3) is 0 Å². The van der Waals surface area contributed by atoms with Gasteiger partial charge >= 0.3 is 0 Å². The minimum atomic E-state index is 0.0895. The lowest BCUT2D eigenvalue weighted by Gasteiger charge is -2.58. The first kappa shape index (κ1) is 53.6. The van der Waals surface area contributed by atoms with Crippen LogP contribution >= 0.6 is 0 Å². The van der Waals surface area contributed by atoms with E-state index in [0.717, 1.165) is 87.8 Å². The van der Waals surface area contributed by atoms with Gasteiger partial charge in [0.2, 0.25) is 0 Å². The molecule has 4 aliphatic carbocycles. The number of hydrogen-bond acceptors (Lipinski definition) is 6. The zero-order chi connectivity index (χ0) is 45.8. The van der Waals surface area contributed by atoms with Crippen molar-refractivity contribution in [3.8, 4) is 0 Å². The third kappa shape index (κ3) is 16.1. The molecule has 0 aromatic carbocycles. The summed E-state index contributed by atoms with van der Waals surface area (Å²) in [6.07, 6.45) is 44.2. The summed E-state index contributed by atoms with van der Waals surface area (Å²) in [4.78, 5) is 2.60. The number of unbranched alkanes of at least 4 members (excludes halogenated alkanes) is 12. The number of fused-ring (bicyclic) bond motifs is 5. The summed E-state index contributed by atoms with van der Waals surface area (Å²) in [6.45, 7) is 24.3. The summed E-state index contributed by atoms with van der Waals surface area (Å²) in [7, 11) is 0. The predicted molar refractivity (Wildman–Crippen MR) is 273 cm³/mol. The SMILES string of the molecule is CCCCCCCC/C=C\CCCCCCCCOCC(CN1CCC2(CC1)COC2)OCCOCCO[C@H]1CC[C@@]2(C)C(=CC[C@H]3[C@@H]4CC[C@H]([C@H](C)CCCC(C)C)[C@@]4(C)CC[C@@H]32)C1. The van der Waals surface area contributed by atoms with Crippen LogP contribution in [0, 0.1) is 51.8 Å². The second-order valence-electron chi connectivity index (χ2n) is 23.9. The number of rotatable bonds is 33. The summed E-state index contributed by atoms with van der Waals surface area (Å²) in [5.74, 6) is 5.35. The molecule has 6 aliphatic rings. The zero-order valence-corrected chi connectivity index (χ0v) is 43.7. The smallest absolute Gasteiger partial charge is 0.0936 e. The van der Waals surface area contributed by atoms with Crippen molar-refractivity contribution >= 4 is 0 Å². The van der Waals surface area contributed by atoms with E-state index in [4.69, 9.17) is 23.7 Å². The summed E-state index contributed by atoms with van der Waals surface area (Å²) in [5, 5.41) is 0. The maximum atomic E-state index is 6.55. The third-order valence-electron chi connectivity index (χ3n) is 18.7. The molecule has 6 rings (SSSR count). The molecule has 0 amide bonds. The first-order valence-corrected chi connectivity index (χ1v) is 28.7. The quantitative estimate of drug-likeness (QED) is 0.0483. The molecule has 5 fully saturated rings. The van der Waals surface area contributed by atoms with Gasteiger partial charge in [-0.05, 0) is 156 Å². The summed E-state index contributed by atoms with van der Waals surface area (Å²) >= 11 is 0. The molecule has 6 nitrogen and oxygen atoms in total. The van der Waals surface area contributed by atoms with Crippen molar-refractivity contribution in [3.05, 3.63) is 23.8 Å². The molecule has 9 atom stereocenters. The molecule has 3 saturated carbocycles. The highest BCUT2D eigenvalue weighted by Gasteiger charge is 2.59. The number of hydrogen-bond donors (Lipinski definition) is 0. The number of ether oxygens (including phenoxy) is 5. The van der Waals surface area contributed by atoms with Gasteiger partial charge in [-0.15, -0.1) is 0 Å². The van der Waals surface area contributed by atoms with Gasteiger partial charge in [-0.3, -0.25) is 0 Å². The minimum Gasteiger partial charge on any atom is -0.380 e. The third-order valence-corrected chi connectivity index (χ3v) is 18.7. The topological polar surface area (TPSA) is 49.4 Å². The van der Waals surface area contributed by atoms with Gasteiger partial charge in [0, 0.05) is 18.6 Å². The van der Waals surface area contributed by atoms with Crippen molar-refractivity contribution in [1.82, 2.24) is 4.90 Å².